The lowest BCUT2D eigenvalue weighted by atomic mass is 10.0. The molecule has 0 unspecified atom stereocenters. The second-order valence-corrected chi connectivity index (χ2v) is 3.59. The van der Waals surface area contributed by atoms with Gasteiger partial charge in [-0.1, -0.05) is 0 Å². The molecule has 20 heavy (non-hydrogen) atoms. The number of benzene rings is 1. The maximum atomic E-state index is 12.8. The minimum atomic E-state index is -6.27. The third kappa shape index (κ3) is 2.88. The van der Waals surface area contributed by atoms with Gasteiger partial charge in [-0.05, 0) is 18.2 Å². The van der Waals surface area contributed by atoms with Crippen molar-refractivity contribution < 1.29 is 44.3 Å². The third-order valence-electron chi connectivity index (χ3n) is 2.18. The van der Waals surface area contributed by atoms with Crippen molar-refractivity contribution >= 4 is 5.78 Å². The summed E-state index contributed by atoms with van der Waals surface area (Å²) in [7, 11) is 0. The van der Waals surface area contributed by atoms with E-state index in [-0.39, 0.29) is 12.1 Å². The first-order chi connectivity index (χ1) is 8.78. The van der Waals surface area contributed by atoms with Crippen LogP contribution >= 0.6 is 0 Å². The molecular formula is C10H3F9O. The van der Waals surface area contributed by atoms with Gasteiger partial charge in [0, 0.05) is 5.56 Å². The number of halogens is 9. The fourth-order valence-corrected chi connectivity index (χ4v) is 1.19. The molecule has 10 heteroatoms. The first kappa shape index (κ1) is 16.3. The van der Waals surface area contributed by atoms with Crippen LogP contribution in [0.5, 0.6) is 0 Å². The van der Waals surface area contributed by atoms with Crippen LogP contribution in [0.15, 0.2) is 18.2 Å². The van der Waals surface area contributed by atoms with Crippen LogP contribution < -0.4 is 0 Å². The van der Waals surface area contributed by atoms with Crippen LogP contribution in [0, 0.1) is 5.82 Å². The molecule has 0 aliphatic carbocycles. The van der Waals surface area contributed by atoms with Crippen LogP contribution in [-0.4, -0.2) is 17.9 Å². The van der Waals surface area contributed by atoms with Crippen molar-refractivity contribution in [3.05, 3.63) is 35.1 Å². The summed E-state index contributed by atoms with van der Waals surface area (Å²) >= 11 is 0. The van der Waals surface area contributed by atoms with Crippen molar-refractivity contribution in [1.82, 2.24) is 0 Å². The number of Topliss-reactive ketones (excluding diaryl/α,β-unsaturated/α-hetero) is 1. The van der Waals surface area contributed by atoms with E-state index >= 15 is 0 Å². The van der Waals surface area contributed by atoms with Gasteiger partial charge >= 0.3 is 18.3 Å². The summed E-state index contributed by atoms with van der Waals surface area (Å²) < 4.78 is 111. The number of ketones is 1. The second kappa shape index (κ2) is 4.67. The van der Waals surface area contributed by atoms with Crippen molar-refractivity contribution in [3.8, 4) is 0 Å². The van der Waals surface area contributed by atoms with Gasteiger partial charge in [-0.25, -0.2) is 4.39 Å². The fraction of sp³-hybridized carbons (Fsp3) is 0.300. The number of rotatable bonds is 2. The van der Waals surface area contributed by atoms with Gasteiger partial charge in [0.1, 0.15) is 5.82 Å². The molecule has 0 N–H and O–H groups in total. The first-order valence-electron chi connectivity index (χ1n) is 4.64. The summed E-state index contributed by atoms with van der Waals surface area (Å²) in [5.74, 6) is -10.7. The molecule has 1 aromatic rings. The Kier molecular flexibility index (Phi) is 3.81. The predicted molar refractivity (Wildman–Crippen MR) is 46.7 cm³/mol. The summed E-state index contributed by atoms with van der Waals surface area (Å²) in [6, 6.07) is -0.285. The topological polar surface area (TPSA) is 17.1 Å². The summed E-state index contributed by atoms with van der Waals surface area (Å²) in [6.45, 7) is 0. The van der Waals surface area contributed by atoms with Crippen LogP contribution in [-0.2, 0) is 6.18 Å². The highest BCUT2D eigenvalue weighted by atomic mass is 19.4. The summed E-state index contributed by atoms with van der Waals surface area (Å²) in [4.78, 5) is 10.9. The molecule has 1 nitrogen and oxygen atoms in total. The molecule has 0 amide bonds. The SMILES string of the molecule is O=C(c1ccc(F)c(C(F)(F)F)c1)C(F)(F)C(F)(F)F. The van der Waals surface area contributed by atoms with Gasteiger partial charge < -0.3 is 0 Å². The van der Waals surface area contributed by atoms with Crippen LogP contribution in [0.3, 0.4) is 0 Å². The monoisotopic (exact) mass is 310 g/mol. The van der Waals surface area contributed by atoms with Crippen molar-refractivity contribution in [3.63, 3.8) is 0 Å². The fourth-order valence-electron chi connectivity index (χ4n) is 1.19. The highest BCUT2D eigenvalue weighted by Gasteiger charge is 2.63. The molecule has 0 radical (unpaired) electrons. The average Bonchev–Trinajstić information content (AvgIpc) is 2.25. The Hall–Kier alpha value is -1.74. The zero-order valence-corrected chi connectivity index (χ0v) is 9.04. The van der Waals surface area contributed by atoms with Crippen molar-refractivity contribution in [2.75, 3.05) is 0 Å². The summed E-state index contributed by atoms with van der Waals surface area (Å²) in [5, 5.41) is 0. The Morgan fingerprint density at radius 3 is 1.80 bits per heavy atom. The van der Waals surface area contributed by atoms with Gasteiger partial charge in [0.05, 0.1) is 5.56 Å². The van der Waals surface area contributed by atoms with Crippen LogP contribution in [0.2, 0.25) is 0 Å². The van der Waals surface area contributed by atoms with Gasteiger partial charge in [-0.3, -0.25) is 4.79 Å². The normalized spacial score (nSPS) is 13.4. The first-order valence-corrected chi connectivity index (χ1v) is 4.64. The van der Waals surface area contributed by atoms with Gasteiger partial charge in [0.2, 0.25) is 5.78 Å². The molecule has 0 atom stereocenters. The zero-order valence-electron chi connectivity index (χ0n) is 9.04. The number of alkyl halides is 8. The van der Waals surface area contributed by atoms with Crippen molar-refractivity contribution in [2.45, 2.75) is 18.3 Å². The van der Waals surface area contributed by atoms with Gasteiger partial charge in [-0.15, -0.1) is 0 Å². The molecule has 0 fully saturated rings. The zero-order chi connectivity index (χ0) is 15.9. The molecule has 0 spiro atoms. The summed E-state index contributed by atoms with van der Waals surface area (Å²) in [6.07, 6.45) is -11.6. The smallest absolute Gasteiger partial charge is 0.287 e. The molecule has 0 aliphatic heterocycles. The Morgan fingerprint density at radius 1 is 0.900 bits per heavy atom. The molecule has 112 valence electrons. The van der Waals surface area contributed by atoms with Gasteiger partial charge in [-0.2, -0.15) is 35.1 Å². The standard InChI is InChI=1S/C10H3F9O/c11-6-2-1-4(3-5(6)9(14,15)16)7(20)8(12,13)10(17,18)19/h1-3H. The lowest BCUT2D eigenvalue weighted by Crippen LogP contribution is -2.44. The van der Waals surface area contributed by atoms with E-state index in [0.29, 0.717) is 0 Å². The van der Waals surface area contributed by atoms with E-state index in [1.807, 2.05) is 0 Å². The van der Waals surface area contributed by atoms with Gasteiger partial charge in [0.15, 0.2) is 0 Å². The molecule has 0 saturated heterocycles. The molecule has 0 heterocycles. The maximum Gasteiger partial charge on any atom is 0.461 e. The molecule has 1 aromatic carbocycles. The van der Waals surface area contributed by atoms with Crippen molar-refractivity contribution in [2.24, 2.45) is 0 Å². The molecule has 0 bridgehead atoms. The Balaban J connectivity index is 3.33. The predicted octanol–water partition coefficient (Wildman–Crippen LogP) is 4.22. The largest absolute Gasteiger partial charge is 0.461 e. The molecule has 1 rings (SSSR count). The van der Waals surface area contributed by atoms with E-state index < -0.39 is 47.1 Å². The van der Waals surface area contributed by atoms with Crippen LogP contribution in [0.25, 0.3) is 0 Å². The number of hydrogen-bond donors (Lipinski definition) is 0. The number of carbonyl (C=O) groups is 1. The van der Waals surface area contributed by atoms with E-state index in [2.05, 4.69) is 0 Å². The van der Waals surface area contributed by atoms with E-state index in [9.17, 15) is 44.3 Å². The van der Waals surface area contributed by atoms with E-state index in [4.69, 9.17) is 0 Å². The Bertz CT molecular complexity index is 527. The van der Waals surface area contributed by atoms with Crippen LogP contribution in [0.1, 0.15) is 15.9 Å². The van der Waals surface area contributed by atoms with E-state index in [1.165, 1.54) is 0 Å². The van der Waals surface area contributed by atoms with E-state index in [0.717, 1.165) is 0 Å². The van der Waals surface area contributed by atoms with E-state index in [1.54, 1.807) is 0 Å². The minimum Gasteiger partial charge on any atom is -0.287 e. The lowest BCUT2D eigenvalue weighted by molar-refractivity contribution is -0.255. The number of carbonyl (C=O) groups excluding carboxylic acids is 1. The maximum absolute atomic E-state index is 12.8. The highest BCUT2D eigenvalue weighted by molar-refractivity contribution is 6.02. The second-order valence-electron chi connectivity index (χ2n) is 3.59. The summed E-state index contributed by atoms with van der Waals surface area (Å²) in [5.41, 5.74) is -3.71. The van der Waals surface area contributed by atoms with Gasteiger partial charge in [0.25, 0.3) is 0 Å². The Morgan fingerprint density at radius 2 is 1.40 bits per heavy atom. The molecule has 0 saturated carbocycles. The number of hydrogen-bond acceptors (Lipinski definition) is 1. The van der Waals surface area contributed by atoms with Crippen LogP contribution in [0.4, 0.5) is 39.5 Å². The minimum absolute atomic E-state index is 0.0114. The third-order valence-corrected chi connectivity index (χ3v) is 2.18. The lowest BCUT2D eigenvalue weighted by Gasteiger charge is -2.18. The Labute approximate surface area is 105 Å². The highest BCUT2D eigenvalue weighted by Crippen LogP contribution is 2.39. The molecule has 0 aliphatic rings. The molecule has 0 aromatic heterocycles. The van der Waals surface area contributed by atoms with Crippen molar-refractivity contribution in [1.29, 1.82) is 0 Å². The average molecular weight is 310 g/mol. The quantitative estimate of drug-likeness (QED) is 0.590. The molecular weight excluding hydrogens is 307 g/mol.